The lowest BCUT2D eigenvalue weighted by Gasteiger charge is -2.10. The number of benzene rings is 1. The molecule has 0 fully saturated rings. The average molecular weight is 272 g/mol. The lowest BCUT2D eigenvalue weighted by Crippen LogP contribution is -2.18. The highest BCUT2D eigenvalue weighted by Gasteiger charge is 2.06. The molecule has 1 aromatic heterocycles. The second kappa shape index (κ2) is 6.23. The Labute approximate surface area is 119 Å². The molecule has 5 nitrogen and oxygen atoms in total. The monoisotopic (exact) mass is 272 g/mol. The third-order valence-corrected chi connectivity index (χ3v) is 3.22. The second-order valence-corrected chi connectivity index (χ2v) is 4.67. The quantitative estimate of drug-likeness (QED) is 0.877. The molecule has 2 N–H and O–H groups in total. The zero-order chi connectivity index (χ0) is 14.5. The molecule has 0 saturated heterocycles. The van der Waals surface area contributed by atoms with E-state index >= 15 is 0 Å². The maximum Gasteiger partial charge on any atom is 0.251 e. The summed E-state index contributed by atoms with van der Waals surface area (Å²) < 4.78 is 1.89. The number of hydrogen-bond acceptors (Lipinski definition) is 3. The van der Waals surface area contributed by atoms with E-state index < -0.39 is 0 Å². The Morgan fingerprint density at radius 2 is 2.20 bits per heavy atom. The molecule has 0 aliphatic rings. The number of carbonyl (C=O) groups is 1. The van der Waals surface area contributed by atoms with Crippen LogP contribution in [0.5, 0.6) is 0 Å². The molecule has 0 saturated carbocycles. The smallest absolute Gasteiger partial charge is 0.251 e. The van der Waals surface area contributed by atoms with E-state index in [1.807, 2.05) is 42.2 Å². The van der Waals surface area contributed by atoms with E-state index in [0.717, 1.165) is 23.4 Å². The van der Waals surface area contributed by atoms with Crippen molar-refractivity contribution in [2.45, 2.75) is 26.9 Å². The van der Waals surface area contributed by atoms with Gasteiger partial charge < -0.3 is 10.6 Å². The van der Waals surface area contributed by atoms with Crippen LogP contribution >= 0.6 is 0 Å². The van der Waals surface area contributed by atoms with Crippen LogP contribution in [0.25, 0.3) is 0 Å². The van der Waals surface area contributed by atoms with Crippen LogP contribution in [-0.4, -0.2) is 22.7 Å². The molecule has 0 atom stereocenters. The summed E-state index contributed by atoms with van der Waals surface area (Å²) in [7, 11) is 1.63. The Morgan fingerprint density at radius 3 is 2.85 bits per heavy atom. The van der Waals surface area contributed by atoms with Crippen LogP contribution in [0.4, 0.5) is 5.69 Å². The van der Waals surface area contributed by atoms with Gasteiger partial charge in [0.25, 0.3) is 5.91 Å². The molecule has 0 spiro atoms. The zero-order valence-electron chi connectivity index (χ0n) is 12.1. The van der Waals surface area contributed by atoms with Gasteiger partial charge in [0.15, 0.2) is 0 Å². The molecule has 1 heterocycles. The van der Waals surface area contributed by atoms with Gasteiger partial charge in [-0.3, -0.25) is 9.48 Å². The number of nitrogens with one attached hydrogen (secondary N) is 2. The van der Waals surface area contributed by atoms with Crippen molar-refractivity contribution in [3.8, 4) is 0 Å². The van der Waals surface area contributed by atoms with Crippen LogP contribution in [0.2, 0.25) is 0 Å². The van der Waals surface area contributed by atoms with E-state index in [1.165, 1.54) is 0 Å². The Balaban J connectivity index is 2.10. The SMILES string of the molecule is CCn1cc(CNc2cc(C(=O)NC)ccc2C)cn1. The Kier molecular flexibility index (Phi) is 4.40. The van der Waals surface area contributed by atoms with Crippen LogP contribution in [-0.2, 0) is 13.1 Å². The summed E-state index contributed by atoms with van der Waals surface area (Å²) >= 11 is 0. The van der Waals surface area contributed by atoms with Crippen molar-refractivity contribution in [2.24, 2.45) is 0 Å². The number of aromatic nitrogens is 2. The molecule has 106 valence electrons. The first-order valence-corrected chi connectivity index (χ1v) is 6.72. The molecule has 1 aromatic carbocycles. The van der Waals surface area contributed by atoms with Gasteiger partial charge in [-0.2, -0.15) is 5.10 Å². The first-order valence-electron chi connectivity index (χ1n) is 6.72. The minimum Gasteiger partial charge on any atom is -0.381 e. The molecule has 5 heteroatoms. The summed E-state index contributed by atoms with van der Waals surface area (Å²) in [5.74, 6) is -0.0770. The van der Waals surface area contributed by atoms with Gasteiger partial charge in [-0.25, -0.2) is 0 Å². The molecule has 0 bridgehead atoms. The molecule has 0 radical (unpaired) electrons. The summed E-state index contributed by atoms with van der Waals surface area (Å²) in [5.41, 5.74) is 3.86. The molecular weight excluding hydrogens is 252 g/mol. The molecule has 2 rings (SSSR count). The summed E-state index contributed by atoms with van der Waals surface area (Å²) in [6.45, 7) is 5.63. The zero-order valence-corrected chi connectivity index (χ0v) is 12.1. The first kappa shape index (κ1) is 14.1. The molecule has 20 heavy (non-hydrogen) atoms. The van der Waals surface area contributed by atoms with E-state index in [0.29, 0.717) is 12.1 Å². The Bertz CT molecular complexity index is 604. The molecular formula is C15H20N4O. The highest BCUT2D eigenvalue weighted by atomic mass is 16.1. The number of amides is 1. The van der Waals surface area contributed by atoms with Gasteiger partial charge in [-0.1, -0.05) is 6.07 Å². The van der Waals surface area contributed by atoms with Crippen molar-refractivity contribution in [3.63, 3.8) is 0 Å². The van der Waals surface area contributed by atoms with E-state index in [4.69, 9.17) is 0 Å². The Morgan fingerprint density at radius 1 is 1.40 bits per heavy atom. The second-order valence-electron chi connectivity index (χ2n) is 4.67. The number of carbonyl (C=O) groups excluding carboxylic acids is 1. The molecule has 0 aliphatic heterocycles. The molecule has 0 aliphatic carbocycles. The number of aryl methyl sites for hydroxylation is 2. The molecule has 1 amide bonds. The standard InChI is InChI=1S/C15H20N4O/c1-4-19-10-12(9-18-19)8-17-14-7-13(15(20)16-3)6-5-11(14)2/h5-7,9-10,17H,4,8H2,1-3H3,(H,16,20). The first-order chi connectivity index (χ1) is 9.63. The van der Waals surface area contributed by atoms with E-state index in [9.17, 15) is 4.79 Å². The lowest BCUT2D eigenvalue weighted by atomic mass is 10.1. The van der Waals surface area contributed by atoms with Gasteiger partial charge in [0, 0.05) is 43.1 Å². The van der Waals surface area contributed by atoms with Gasteiger partial charge in [-0.15, -0.1) is 0 Å². The molecule has 2 aromatic rings. The van der Waals surface area contributed by atoms with Gasteiger partial charge in [0.05, 0.1) is 6.20 Å². The van der Waals surface area contributed by atoms with E-state index in [1.54, 1.807) is 7.05 Å². The van der Waals surface area contributed by atoms with E-state index in [2.05, 4.69) is 22.7 Å². The predicted octanol–water partition coefficient (Wildman–Crippen LogP) is 2.18. The summed E-state index contributed by atoms with van der Waals surface area (Å²) in [6, 6.07) is 5.65. The van der Waals surface area contributed by atoms with Crippen LogP contribution in [0, 0.1) is 6.92 Å². The highest BCUT2D eigenvalue weighted by Crippen LogP contribution is 2.18. The fourth-order valence-corrected chi connectivity index (χ4v) is 1.97. The van der Waals surface area contributed by atoms with E-state index in [-0.39, 0.29) is 5.91 Å². The van der Waals surface area contributed by atoms with Crippen molar-refractivity contribution in [3.05, 3.63) is 47.3 Å². The maximum atomic E-state index is 11.6. The van der Waals surface area contributed by atoms with Crippen LogP contribution in [0.1, 0.15) is 28.4 Å². The fourth-order valence-electron chi connectivity index (χ4n) is 1.97. The van der Waals surface area contributed by atoms with Crippen molar-refractivity contribution in [1.82, 2.24) is 15.1 Å². The van der Waals surface area contributed by atoms with Crippen molar-refractivity contribution in [2.75, 3.05) is 12.4 Å². The maximum absolute atomic E-state index is 11.6. The van der Waals surface area contributed by atoms with Crippen LogP contribution in [0.15, 0.2) is 30.6 Å². The van der Waals surface area contributed by atoms with Gasteiger partial charge >= 0.3 is 0 Å². The average Bonchev–Trinajstić information content (AvgIpc) is 2.93. The summed E-state index contributed by atoms with van der Waals surface area (Å²) in [5, 5.41) is 10.2. The fraction of sp³-hybridized carbons (Fsp3) is 0.333. The lowest BCUT2D eigenvalue weighted by molar-refractivity contribution is 0.0963. The summed E-state index contributed by atoms with van der Waals surface area (Å²) in [4.78, 5) is 11.6. The van der Waals surface area contributed by atoms with Gasteiger partial charge in [0.2, 0.25) is 0 Å². The predicted molar refractivity (Wildman–Crippen MR) is 79.8 cm³/mol. The third kappa shape index (κ3) is 3.17. The van der Waals surface area contributed by atoms with Crippen LogP contribution < -0.4 is 10.6 Å². The minimum absolute atomic E-state index is 0.0770. The van der Waals surface area contributed by atoms with Gasteiger partial charge in [-0.05, 0) is 31.5 Å². The van der Waals surface area contributed by atoms with Crippen LogP contribution in [0.3, 0.4) is 0 Å². The Hall–Kier alpha value is -2.30. The number of anilines is 1. The largest absolute Gasteiger partial charge is 0.381 e. The number of rotatable bonds is 5. The van der Waals surface area contributed by atoms with Gasteiger partial charge in [0.1, 0.15) is 0 Å². The third-order valence-electron chi connectivity index (χ3n) is 3.22. The number of hydrogen-bond donors (Lipinski definition) is 2. The van der Waals surface area contributed by atoms with Crippen molar-refractivity contribution in [1.29, 1.82) is 0 Å². The minimum atomic E-state index is -0.0770. The topological polar surface area (TPSA) is 59.0 Å². The molecule has 0 unspecified atom stereocenters. The summed E-state index contributed by atoms with van der Waals surface area (Å²) in [6.07, 6.45) is 3.87. The number of nitrogens with zero attached hydrogens (tertiary/aromatic N) is 2. The normalized spacial score (nSPS) is 10.3. The highest BCUT2D eigenvalue weighted by molar-refractivity contribution is 5.95. The van der Waals surface area contributed by atoms with Crippen molar-refractivity contribution >= 4 is 11.6 Å². The van der Waals surface area contributed by atoms with Crippen molar-refractivity contribution < 1.29 is 4.79 Å².